The molecule has 0 saturated carbocycles. The minimum Gasteiger partial charge on any atom is -0.382 e. The molecule has 0 saturated heterocycles. The van der Waals surface area contributed by atoms with Gasteiger partial charge in [0.2, 0.25) is 0 Å². The molecule has 1 N–H and O–H groups in total. The Morgan fingerprint density at radius 2 is 2.38 bits per heavy atom. The number of hydrogen-bond acceptors (Lipinski definition) is 5. The first-order valence-electron chi connectivity index (χ1n) is 3.78. The van der Waals surface area contributed by atoms with Crippen LogP contribution in [0, 0.1) is 6.92 Å². The molecule has 2 aromatic rings. The average Bonchev–Trinajstić information content (AvgIpc) is 2.72. The molecule has 2 aromatic heterocycles. The number of aryl methyl sites for hydroxylation is 1. The minimum absolute atomic E-state index is 0.620. The van der Waals surface area contributed by atoms with E-state index in [1.54, 1.807) is 17.5 Å². The molecule has 68 valence electrons. The fourth-order valence-corrected chi connectivity index (χ4v) is 2.31. The summed E-state index contributed by atoms with van der Waals surface area (Å²) in [6, 6.07) is 1.92. The molecule has 2 rings (SSSR count). The van der Waals surface area contributed by atoms with Crippen LogP contribution < -0.4 is 0 Å². The summed E-state index contributed by atoms with van der Waals surface area (Å²) in [7, 11) is 0. The maximum Gasteiger partial charge on any atom is 0.125 e. The second-order valence-electron chi connectivity index (χ2n) is 2.67. The summed E-state index contributed by atoms with van der Waals surface area (Å²) >= 11 is 2.74. The van der Waals surface area contributed by atoms with Crippen LogP contribution in [0.3, 0.4) is 0 Å². The number of hydrogen-bond donors (Lipinski definition) is 1. The van der Waals surface area contributed by atoms with E-state index in [-0.39, 0.29) is 0 Å². The summed E-state index contributed by atoms with van der Waals surface area (Å²) in [4.78, 5) is 1.13. The Hall–Kier alpha value is -0.780. The molecule has 1 atom stereocenters. The predicted molar refractivity (Wildman–Crippen MR) is 53.0 cm³/mol. The number of rotatable bonds is 2. The molecule has 13 heavy (non-hydrogen) atoms. The monoisotopic (exact) mass is 212 g/mol. The van der Waals surface area contributed by atoms with Crippen molar-refractivity contribution in [3.8, 4) is 0 Å². The van der Waals surface area contributed by atoms with Gasteiger partial charge in [-0.15, -0.1) is 11.3 Å². The minimum atomic E-state index is -0.620. The van der Waals surface area contributed by atoms with Crippen LogP contribution in [0.5, 0.6) is 0 Å². The summed E-state index contributed by atoms with van der Waals surface area (Å²) in [5.41, 5.74) is 1.56. The third-order valence-corrected chi connectivity index (χ3v) is 3.21. The van der Waals surface area contributed by atoms with Crippen molar-refractivity contribution in [3.05, 3.63) is 33.8 Å². The number of aliphatic hydroxyl groups is 1. The third kappa shape index (κ3) is 1.63. The van der Waals surface area contributed by atoms with E-state index in [9.17, 15) is 5.11 Å². The van der Waals surface area contributed by atoms with Crippen molar-refractivity contribution in [1.29, 1.82) is 0 Å². The quantitative estimate of drug-likeness (QED) is 0.828. The zero-order valence-electron chi connectivity index (χ0n) is 6.97. The fraction of sp³-hybridized carbons (Fsp3) is 0.250. The van der Waals surface area contributed by atoms with Gasteiger partial charge in [-0.3, -0.25) is 0 Å². The van der Waals surface area contributed by atoms with E-state index in [1.165, 1.54) is 0 Å². The first-order chi connectivity index (χ1) is 6.29. The summed E-state index contributed by atoms with van der Waals surface area (Å²) in [6.07, 6.45) is 0.983. The molecule has 2 heterocycles. The van der Waals surface area contributed by atoms with Gasteiger partial charge < -0.3 is 5.11 Å². The number of aromatic nitrogens is 2. The van der Waals surface area contributed by atoms with Crippen molar-refractivity contribution in [3.63, 3.8) is 0 Å². The highest BCUT2D eigenvalue weighted by Gasteiger charge is 2.15. The molecule has 0 bridgehead atoms. The molecule has 0 spiro atoms. The van der Waals surface area contributed by atoms with Crippen LogP contribution >= 0.6 is 23.1 Å². The lowest BCUT2D eigenvalue weighted by atomic mass is 10.1. The van der Waals surface area contributed by atoms with Gasteiger partial charge in [-0.05, 0) is 18.4 Å². The second-order valence-corrected chi connectivity index (χ2v) is 4.34. The Morgan fingerprint density at radius 3 is 2.92 bits per heavy atom. The van der Waals surface area contributed by atoms with Crippen LogP contribution in [0.2, 0.25) is 0 Å². The van der Waals surface area contributed by atoms with Crippen molar-refractivity contribution in [2.75, 3.05) is 0 Å². The van der Waals surface area contributed by atoms with E-state index in [0.717, 1.165) is 22.2 Å². The standard InChI is InChI=1S/C8H8N2OS2/c1-5-6(2-3-12-5)8(11)7-4-9-13-10-7/h2-4,8,11H,1H3. The maximum absolute atomic E-state index is 9.86. The van der Waals surface area contributed by atoms with E-state index in [0.29, 0.717) is 5.69 Å². The van der Waals surface area contributed by atoms with Crippen molar-refractivity contribution < 1.29 is 5.11 Å². The van der Waals surface area contributed by atoms with Crippen LogP contribution in [-0.2, 0) is 0 Å². The molecular weight excluding hydrogens is 204 g/mol. The molecular formula is C8H8N2OS2. The van der Waals surface area contributed by atoms with Crippen molar-refractivity contribution in [2.45, 2.75) is 13.0 Å². The Kier molecular flexibility index (Phi) is 2.39. The van der Waals surface area contributed by atoms with Gasteiger partial charge in [-0.1, -0.05) is 0 Å². The van der Waals surface area contributed by atoms with Gasteiger partial charge in [-0.2, -0.15) is 8.75 Å². The zero-order chi connectivity index (χ0) is 9.26. The fourth-order valence-electron chi connectivity index (χ4n) is 1.13. The zero-order valence-corrected chi connectivity index (χ0v) is 8.60. The maximum atomic E-state index is 9.86. The smallest absolute Gasteiger partial charge is 0.125 e. The molecule has 0 aliphatic heterocycles. The lowest BCUT2D eigenvalue weighted by Crippen LogP contribution is -1.99. The Bertz CT molecular complexity index is 383. The second kappa shape index (κ2) is 3.53. The van der Waals surface area contributed by atoms with Gasteiger partial charge in [0, 0.05) is 10.4 Å². The topological polar surface area (TPSA) is 46.0 Å². The highest BCUT2D eigenvalue weighted by Crippen LogP contribution is 2.26. The summed E-state index contributed by atoms with van der Waals surface area (Å²) < 4.78 is 7.86. The van der Waals surface area contributed by atoms with Crippen molar-refractivity contribution in [2.24, 2.45) is 0 Å². The van der Waals surface area contributed by atoms with Crippen LogP contribution in [-0.4, -0.2) is 13.9 Å². The number of nitrogens with zero attached hydrogens (tertiary/aromatic N) is 2. The van der Waals surface area contributed by atoms with Crippen LogP contribution in [0.15, 0.2) is 17.6 Å². The summed E-state index contributed by atoms with van der Waals surface area (Å²) in [5.74, 6) is 0. The van der Waals surface area contributed by atoms with Gasteiger partial charge in [0.15, 0.2) is 0 Å². The Labute approximate surface area is 84.0 Å². The molecule has 0 aromatic carbocycles. The van der Waals surface area contributed by atoms with Crippen molar-refractivity contribution in [1.82, 2.24) is 8.75 Å². The lowest BCUT2D eigenvalue weighted by Gasteiger charge is -2.05. The van der Waals surface area contributed by atoms with E-state index >= 15 is 0 Å². The normalized spacial score (nSPS) is 13.1. The molecule has 0 amide bonds. The van der Waals surface area contributed by atoms with Crippen LogP contribution in [0.25, 0.3) is 0 Å². The highest BCUT2D eigenvalue weighted by atomic mass is 32.1. The summed E-state index contributed by atoms with van der Waals surface area (Å²) in [6.45, 7) is 1.99. The SMILES string of the molecule is Cc1sccc1C(O)c1cnsn1. The molecule has 1 unspecified atom stereocenters. The van der Waals surface area contributed by atoms with Gasteiger partial charge in [-0.25, -0.2) is 0 Å². The Balaban J connectivity index is 2.33. The first-order valence-corrected chi connectivity index (χ1v) is 5.39. The molecule has 0 aliphatic carbocycles. The molecule has 0 fully saturated rings. The van der Waals surface area contributed by atoms with E-state index in [4.69, 9.17) is 0 Å². The number of aliphatic hydroxyl groups excluding tert-OH is 1. The Morgan fingerprint density at radius 1 is 1.54 bits per heavy atom. The largest absolute Gasteiger partial charge is 0.382 e. The molecule has 5 heteroatoms. The first kappa shape index (κ1) is 8.80. The van der Waals surface area contributed by atoms with Crippen molar-refractivity contribution >= 4 is 23.1 Å². The lowest BCUT2D eigenvalue weighted by molar-refractivity contribution is 0.216. The van der Waals surface area contributed by atoms with Crippen LogP contribution in [0.1, 0.15) is 22.2 Å². The summed E-state index contributed by atoms with van der Waals surface area (Å²) in [5, 5.41) is 11.8. The van der Waals surface area contributed by atoms with E-state index in [1.807, 2.05) is 18.4 Å². The van der Waals surface area contributed by atoms with Gasteiger partial charge in [0.1, 0.15) is 11.8 Å². The van der Waals surface area contributed by atoms with Crippen LogP contribution in [0.4, 0.5) is 0 Å². The van der Waals surface area contributed by atoms with Gasteiger partial charge in [0.05, 0.1) is 17.9 Å². The number of thiophene rings is 1. The van der Waals surface area contributed by atoms with E-state index in [2.05, 4.69) is 8.75 Å². The molecule has 3 nitrogen and oxygen atoms in total. The highest BCUT2D eigenvalue weighted by molar-refractivity contribution is 7.10. The van der Waals surface area contributed by atoms with Gasteiger partial charge in [0.25, 0.3) is 0 Å². The molecule has 0 radical (unpaired) electrons. The third-order valence-electron chi connectivity index (χ3n) is 1.85. The average molecular weight is 212 g/mol. The van der Waals surface area contributed by atoms with Gasteiger partial charge >= 0.3 is 0 Å². The predicted octanol–water partition coefficient (Wildman–Crippen LogP) is 1.99. The molecule has 0 aliphatic rings. The van der Waals surface area contributed by atoms with E-state index < -0.39 is 6.10 Å².